The summed E-state index contributed by atoms with van der Waals surface area (Å²) in [7, 11) is 0. The second-order valence-electron chi connectivity index (χ2n) is 2.64. The topological polar surface area (TPSA) is 48.7 Å². The molecule has 0 fully saturated rings. The summed E-state index contributed by atoms with van der Waals surface area (Å²) in [5.41, 5.74) is 0. The molecule has 1 rings (SSSR count). The third-order valence-corrected chi connectivity index (χ3v) is 5.37. The van der Waals surface area contributed by atoms with Crippen LogP contribution in [-0.4, -0.2) is 13.2 Å². The molecule has 15 heavy (non-hydrogen) atoms. The van der Waals surface area contributed by atoms with Gasteiger partial charge in [-0.15, -0.1) is 0 Å². The zero-order chi connectivity index (χ0) is 11.1. The monoisotopic (exact) mass is 250 g/mol. The predicted octanol–water partition coefficient (Wildman–Crippen LogP) is 3.69. The normalized spacial score (nSPS) is 11.9. The zero-order valence-corrected chi connectivity index (χ0v) is 10.6. The van der Waals surface area contributed by atoms with Gasteiger partial charge in [-0.1, -0.05) is 0 Å². The van der Waals surface area contributed by atoms with E-state index in [1.807, 2.05) is 6.07 Å². The minimum Gasteiger partial charge on any atom is -0.468 e. The van der Waals surface area contributed by atoms with Crippen LogP contribution in [0.5, 0.6) is 0 Å². The van der Waals surface area contributed by atoms with Crippen LogP contribution >= 0.6 is 18.2 Å². The molecule has 4 nitrogen and oxygen atoms in total. The maximum Gasteiger partial charge on any atom is 0.389 e. The summed E-state index contributed by atoms with van der Waals surface area (Å²) in [4.78, 5) is 0. The summed E-state index contributed by atoms with van der Waals surface area (Å²) >= 11 is 1.15. The van der Waals surface area contributed by atoms with Crippen LogP contribution in [0.3, 0.4) is 0 Å². The molecule has 0 N–H and O–H groups in total. The largest absolute Gasteiger partial charge is 0.468 e. The molecular weight excluding hydrogens is 235 g/mol. The molecule has 86 valence electrons. The van der Waals surface area contributed by atoms with E-state index >= 15 is 0 Å². The maximum absolute atomic E-state index is 12.0. The average molecular weight is 250 g/mol. The van der Waals surface area contributed by atoms with Crippen LogP contribution < -0.4 is 0 Å². The van der Waals surface area contributed by atoms with Crippen molar-refractivity contribution in [2.24, 2.45) is 0 Å². The molecule has 0 spiro atoms. The quantitative estimate of drug-likeness (QED) is 0.690. The van der Waals surface area contributed by atoms with Crippen molar-refractivity contribution in [1.82, 2.24) is 0 Å². The lowest BCUT2D eigenvalue weighted by atomic mass is 10.5. The van der Waals surface area contributed by atoms with E-state index < -0.39 is 6.80 Å². The molecule has 0 unspecified atom stereocenters. The molecule has 0 radical (unpaired) electrons. The van der Waals surface area contributed by atoms with Crippen LogP contribution in [0.2, 0.25) is 0 Å². The van der Waals surface area contributed by atoms with Crippen LogP contribution in [0.15, 0.2) is 22.8 Å². The molecule has 0 amide bonds. The summed E-state index contributed by atoms with van der Waals surface area (Å²) < 4.78 is 27.4. The fourth-order valence-corrected chi connectivity index (χ4v) is 4.21. The van der Waals surface area contributed by atoms with E-state index in [1.165, 1.54) is 0 Å². The molecule has 0 bridgehead atoms. The predicted molar refractivity (Wildman–Crippen MR) is 60.9 cm³/mol. The lowest BCUT2D eigenvalue weighted by Gasteiger charge is -2.14. The molecule has 1 heterocycles. The first-order valence-corrected chi connectivity index (χ1v) is 7.89. The molecule has 1 aromatic heterocycles. The van der Waals surface area contributed by atoms with Crippen molar-refractivity contribution in [3.05, 3.63) is 24.2 Å². The first-order valence-electron chi connectivity index (χ1n) is 4.76. The minimum atomic E-state index is -3.00. The summed E-state index contributed by atoms with van der Waals surface area (Å²) in [6, 6.07) is 3.62. The standard InChI is InChI=1S/C9H15O4PS/c1-3-12-14(10,13-4-2)15-8-9-6-5-7-11-9/h5-7H,3-4,8H2,1-2H3. The fraction of sp³-hybridized carbons (Fsp3) is 0.556. The Hall–Kier alpha value is -0.220. The molecule has 0 aliphatic rings. The van der Waals surface area contributed by atoms with Gasteiger partial charge in [0.25, 0.3) is 0 Å². The Morgan fingerprint density at radius 1 is 1.40 bits per heavy atom. The third-order valence-electron chi connectivity index (χ3n) is 1.52. The Labute approximate surface area is 93.6 Å². The molecule has 0 aliphatic heterocycles. The van der Waals surface area contributed by atoms with Crippen LogP contribution in [0.25, 0.3) is 0 Å². The van der Waals surface area contributed by atoms with Crippen molar-refractivity contribution in [2.45, 2.75) is 19.6 Å². The van der Waals surface area contributed by atoms with E-state index in [9.17, 15) is 4.57 Å². The summed E-state index contributed by atoms with van der Waals surface area (Å²) in [5.74, 6) is 1.25. The molecule has 6 heteroatoms. The number of furan rings is 1. The molecule has 0 atom stereocenters. The Bertz CT molecular complexity index is 302. The van der Waals surface area contributed by atoms with Crippen LogP contribution in [0.4, 0.5) is 0 Å². The van der Waals surface area contributed by atoms with Gasteiger partial charge >= 0.3 is 6.80 Å². The van der Waals surface area contributed by atoms with Crippen molar-refractivity contribution in [3.8, 4) is 0 Å². The fourth-order valence-electron chi connectivity index (χ4n) is 0.965. The molecule has 0 aromatic carbocycles. The van der Waals surface area contributed by atoms with Crippen LogP contribution in [-0.2, 0) is 19.4 Å². The van der Waals surface area contributed by atoms with E-state index in [0.29, 0.717) is 19.0 Å². The first kappa shape index (κ1) is 12.8. The SMILES string of the molecule is CCOP(=O)(OCC)SCc1ccco1. The second-order valence-corrected chi connectivity index (χ2v) is 6.71. The highest BCUT2D eigenvalue weighted by atomic mass is 32.7. The highest BCUT2D eigenvalue weighted by molar-refractivity contribution is 8.54. The van der Waals surface area contributed by atoms with Crippen LogP contribution in [0.1, 0.15) is 19.6 Å². The third kappa shape index (κ3) is 4.43. The maximum atomic E-state index is 12.0. The van der Waals surface area contributed by atoms with Gasteiger partial charge in [-0.2, -0.15) is 0 Å². The lowest BCUT2D eigenvalue weighted by molar-refractivity contribution is 0.237. The zero-order valence-electron chi connectivity index (χ0n) is 8.84. The van der Waals surface area contributed by atoms with E-state index in [0.717, 1.165) is 17.1 Å². The lowest BCUT2D eigenvalue weighted by Crippen LogP contribution is -1.92. The molecular formula is C9H15O4PS. The second kappa shape index (κ2) is 6.38. The van der Waals surface area contributed by atoms with Crippen molar-refractivity contribution in [1.29, 1.82) is 0 Å². The number of rotatable bonds is 7. The van der Waals surface area contributed by atoms with Gasteiger partial charge in [-0.25, -0.2) is 4.57 Å². The summed E-state index contributed by atoms with van der Waals surface area (Å²) in [6.07, 6.45) is 1.59. The van der Waals surface area contributed by atoms with Gasteiger partial charge in [-0.05, 0) is 37.4 Å². The van der Waals surface area contributed by atoms with Gasteiger partial charge in [0.15, 0.2) is 0 Å². The molecule has 0 aliphatic carbocycles. The summed E-state index contributed by atoms with van der Waals surface area (Å²) in [6.45, 7) is 1.33. The number of hydrogen-bond acceptors (Lipinski definition) is 5. The van der Waals surface area contributed by atoms with Gasteiger partial charge in [0.1, 0.15) is 5.76 Å². The van der Waals surface area contributed by atoms with Gasteiger partial charge in [-0.3, -0.25) is 0 Å². The molecule has 0 saturated heterocycles. The van der Waals surface area contributed by atoms with E-state index in [1.54, 1.807) is 26.2 Å². The molecule has 0 saturated carbocycles. The average Bonchev–Trinajstić information content (AvgIpc) is 2.68. The van der Waals surface area contributed by atoms with E-state index in [2.05, 4.69) is 0 Å². The van der Waals surface area contributed by atoms with E-state index in [-0.39, 0.29) is 0 Å². The highest BCUT2D eigenvalue weighted by Crippen LogP contribution is 2.61. The smallest absolute Gasteiger partial charge is 0.389 e. The van der Waals surface area contributed by atoms with Crippen molar-refractivity contribution in [2.75, 3.05) is 13.2 Å². The Morgan fingerprint density at radius 2 is 2.07 bits per heavy atom. The Morgan fingerprint density at radius 3 is 2.53 bits per heavy atom. The van der Waals surface area contributed by atoms with Gasteiger partial charge in [0.2, 0.25) is 0 Å². The van der Waals surface area contributed by atoms with Gasteiger partial charge in [0, 0.05) is 0 Å². The number of hydrogen-bond donors (Lipinski definition) is 0. The highest BCUT2D eigenvalue weighted by Gasteiger charge is 2.24. The van der Waals surface area contributed by atoms with Crippen molar-refractivity contribution >= 4 is 18.2 Å². The summed E-state index contributed by atoms with van der Waals surface area (Å²) in [5, 5.41) is 0. The Kier molecular flexibility index (Phi) is 5.47. The van der Waals surface area contributed by atoms with Crippen LogP contribution in [0, 0.1) is 0 Å². The Balaban J connectivity index is 2.48. The van der Waals surface area contributed by atoms with Gasteiger partial charge in [0.05, 0.1) is 25.2 Å². The van der Waals surface area contributed by atoms with Crippen molar-refractivity contribution < 1.29 is 18.0 Å². The molecule has 1 aromatic rings. The van der Waals surface area contributed by atoms with Gasteiger partial charge < -0.3 is 13.5 Å². The first-order chi connectivity index (χ1) is 7.20. The van der Waals surface area contributed by atoms with Crippen molar-refractivity contribution in [3.63, 3.8) is 0 Å². The van der Waals surface area contributed by atoms with E-state index in [4.69, 9.17) is 13.5 Å². The minimum absolute atomic E-state index is 0.377.